The van der Waals surface area contributed by atoms with Gasteiger partial charge < -0.3 is 4.74 Å². The van der Waals surface area contributed by atoms with Gasteiger partial charge in [-0.2, -0.15) is 13.9 Å². The first-order valence-electron chi connectivity index (χ1n) is 9.74. The van der Waals surface area contributed by atoms with Crippen LogP contribution in [0.1, 0.15) is 39.8 Å². The monoisotopic (exact) mass is 456 g/mol. The maximum Gasteiger partial charge on any atom is 0.387 e. The summed E-state index contributed by atoms with van der Waals surface area (Å²) in [7, 11) is 0. The van der Waals surface area contributed by atoms with E-state index in [1.54, 1.807) is 37.3 Å². The van der Waals surface area contributed by atoms with Crippen LogP contribution in [0, 0.1) is 13.8 Å². The Balaban J connectivity index is 1.61. The summed E-state index contributed by atoms with van der Waals surface area (Å²) in [6, 6.07) is 15.3. The van der Waals surface area contributed by atoms with Crippen LogP contribution in [0.5, 0.6) is 5.75 Å². The number of aryl methyl sites for hydroxylation is 2. The van der Waals surface area contributed by atoms with E-state index in [4.69, 9.17) is 0 Å². The molecule has 0 radical (unpaired) electrons. The van der Waals surface area contributed by atoms with Gasteiger partial charge in [0.15, 0.2) is 5.16 Å². The highest BCUT2D eigenvalue weighted by atomic mass is 32.2. The Morgan fingerprint density at radius 3 is 2.41 bits per heavy atom. The summed E-state index contributed by atoms with van der Waals surface area (Å²) in [5.74, 6) is 0.254. The maximum absolute atomic E-state index is 12.6. The Morgan fingerprint density at radius 2 is 1.75 bits per heavy atom. The van der Waals surface area contributed by atoms with E-state index in [-0.39, 0.29) is 5.75 Å². The fourth-order valence-electron chi connectivity index (χ4n) is 2.88. The van der Waals surface area contributed by atoms with Gasteiger partial charge in [0.25, 0.3) is 5.91 Å². The highest BCUT2D eigenvalue weighted by Crippen LogP contribution is 2.22. The fourth-order valence-corrected chi connectivity index (χ4v) is 3.79. The second-order valence-corrected chi connectivity index (χ2v) is 7.87. The van der Waals surface area contributed by atoms with Crippen molar-refractivity contribution in [3.63, 3.8) is 0 Å². The standard InChI is InChI=1S/C23H22F2N4O2S/c1-14-12-15(2)27-23(26-14)32-13-17-8-10-18(11-9-17)21(30)29-28-16(3)19-6-4-5-7-20(19)31-22(24)25/h4-12,22H,13H2,1-3H3,(H,29,30)/b28-16+. The van der Waals surface area contributed by atoms with Crippen LogP contribution in [-0.4, -0.2) is 28.2 Å². The highest BCUT2D eigenvalue weighted by molar-refractivity contribution is 7.98. The molecule has 166 valence electrons. The molecule has 0 aliphatic carbocycles. The normalized spacial score (nSPS) is 11.5. The first-order chi connectivity index (χ1) is 15.3. The number of nitrogens with zero attached hydrogens (tertiary/aromatic N) is 3. The molecule has 3 aromatic rings. The molecular formula is C23H22F2N4O2S. The third kappa shape index (κ3) is 6.58. The van der Waals surface area contributed by atoms with Crippen molar-refractivity contribution in [3.8, 4) is 5.75 Å². The summed E-state index contributed by atoms with van der Waals surface area (Å²) in [4.78, 5) is 21.2. The van der Waals surface area contributed by atoms with Gasteiger partial charge in [-0.05, 0) is 56.7 Å². The van der Waals surface area contributed by atoms with E-state index in [1.165, 1.54) is 17.8 Å². The largest absolute Gasteiger partial charge is 0.434 e. The quantitative estimate of drug-likeness (QED) is 0.220. The van der Waals surface area contributed by atoms with Gasteiger partial charge in [0.05, 0.1) is 5.71 Å². The lowest BCUT2D eigenvalue weighted by Crippen LogP contribution is -2.19. The number of para-hydroxylation sites is 1. The van der Waals surface area contributed by atoms with Crippen molar-refractivity contribution in [1.82, 2.24) is 15.4 Å². The Morgan fingerprint density at radius 1 is 1.09 bits per heavy atom. The average Bonchev–Trinajstić information content (AvgIpc) is 2.75. The van der Waals surface area contributed by atoms with Crippen molar-refractivity contribution in [1.29, 1.82) is 0 Å². The molecule has 6 nitrogen and oxygen atoms in total. The lowest BCUT2D eigenvalue weighted by atomic mass is 10.1. The first kappa shape index (κ1) is 23.3. The van der Waals surface area contributed by atoms with Crippen LogP contribution in [0.25, 0.3) is 0 Å². The number of alkyl halides is 2. The molecule has 0 aliphatic rings. The zero-order valence-electron chi connectivity index (χ0n) is 17.8. The van der Waals surface area contributed by atoms with E-state index < -0.39 is 12.5 Å². The van der Waals surface area contributed by atoms with E-state index in [0.29, 0.717) is 27.7 Å². The number of thioether (sulfide) groups is 1. The molecule has 1 N–H and O–H groups in total. The molecule has 0 saturated carbocycles. The molecule has 0 aliphatic heterocycles. The third-order valence-corrected chi connectivity index (χ3v) is 5.28. The molecule has 32 heavy (non-hydrogen) atoms. The van der Waals surface area contributed by atoms with Gasteiger partial charge in [0, 0.05) is 28.3 Å². The number of carbonyl (C=O) groups excluding carboxylic acids is 1. The molecule has 9 heteroatoms. The molecule has 0 saturated heterocycles. The van der Waals surface area contributed by atoms with Crippen LogP contribution in [0.15, 0.2) is 64.9 Å². The lowest BCUT2D eigenvalue weighted by molar-refractivity contribution is -0.0499. The number of aromatic nitrogens is 2. The highest BCUT2D eigenvalue weighted by Gasteiger charge is 2.12. The van der Waals surface area contributed by atoms with E-state index in [2.05, 4.69) is 25.2 Å². The number of hydrogen-bond donors (Lipinski definition) is 1. The van der Waals surface area contributed by atoms with Crippen molar-refractivity contribution in [2.24, 2.45) is 5.10 Å². The fraction of sp³-hybridized carbons (Fsp3) is 0.217. The van der Waals surface area contributed by atoms with Gasteiger partial charge in [-0.1, -0.05) is 36.0 Å². The van der Waals surface area contributed by atoms with Crippen molar-refractivity contribution in [2.75, 3.05) is 0 Å². The molecule has 0 bridgehead atoms. The number of rotatable bonds is 8. The zero-order chi connectivity index (χ0) is 23.1. The smallest absolute Gasteiger partial charge is 0.387 e. The van der Waals surface area contributed by atoms with Crippen LogP contribution in [0.4, 0.5) is 8.78 Å². The van der Waals surface area contributed by atoms with Crippen molar-refractivity contribution >= 4 is 23.4 Å². The van der Waals surface area contributed by atoms with Crippen molar-refractivity contribution in [2.45, 2.75) is 38.3 Å². The number of carbonyl (C=O) groups is 1. The number of ether oxygens (including phenoxy) is 1. The Labute approximate surface area is 189 Å². The van der Waals surface area contributed by atoms with E-state index in [0.717, 1.165) is 17.0 Å². The summed E-state index contributed by atoms with van der Waals surface area (Å²) in [5, 5.41) is 4.74. The predicted molar refractivity (Wildman–Crippen MR) is 120 cm³/mol. The predicted octanol–water partition coefficient (Wildman–Crippen LogP) is 5.14. The zero-order valence-corrected chi connectivity index (χ0v) is 18.6. The molecule has 0 atom stereocenters. The Kier molecular flexibility index (Phi) is 7.88. The molecule has 0 unspecified atom stereocenters. The van der Waals surface area contributed by atoms with Crippen LogP contribution >= 0.6 is 11.8 Å². The van der Waals surface area contributed by atoms with Crippen LogP contribution in [0.3, 0.4) is 0 Å². The number of benzene rings is 2. The summed E-state index contributed by atoms with van der Waals surface area (Å²) >= 11 is 1.52. The summed E-state index contributed by atoms with van der Waals surface area (Å²) in [6.45, 7) is 2.52. The topological polar surface area (TPSA) is 76.5 Å². The molecule has 0 spiro atoms. The van der Waals surface area contributed by atoms with E-state index in [1.807, 2.05) is 32.0 Å². The van der Waals surface area contributed by atoms with Gasteiger partial charge in [0.1, 0.15) is 5.75 Å². The van der Waals surface area contributed by atoms with E-state index in [9.17, 15) is 13.6 Å². The third-order valence-electron chi connectivity index (χ3n) is 4.36. The molecule has 1 heterocycles. The SMILES string of the molecule is C/C(=N\NC(=O)c1ccc(CSc2nc(C)cc(C)n2)cc1)c1ccccc1OC(F)F. The molecular weight excluding hydrogens is 434 g/mol. The number of amides is 1. The maximum atomic E-state index is 12.6. The molecule has 0 fully saturated rings. The molecule has 1 amide bonds. The van der Waals surface area contributed by atoms with Gasteiger partial charge in [-0.25, -0.2) is 15.4 Å². The van der Waals surface area contributed by atoms with E-state index >= 15 is 0 Å². The first-order valence-corrected chi connectivity index (χ1v) is 10.7. The minimum Gasteiger partial charge on any atom is -0.434 e. The minimum atomic E-state index is -2.95. The van der Waals surface area contributed by atoms with Gasteiger partial charge in [-0.15, -0.1) is 0 Å². The lowest BCUT2D eigenvalue weighted by Gasteiger charge is -2.10. The number of hydrazone groups is 1. The molecule has 1 aromatic heterocycles. The number of halogens is 2. The second-order valence-electron chi connectivity index (χ2n) is 6.93. The van der Waals surface area contributed by atoms with Gasteiger partial charge in [-0.3, -0.25) is 4.79 Å². The summed E-state index contributed by atoms with van der Waals surface area (Å²) in [6.07, 6.45) is 0. The van der Waals surface area contributed by atoms with Crippen LogP contribution < -0.4 is 10.2 Å². The Hall–Kier alpha value is -3.33. The second kappa shape index (κ2) is 10.8. The number of nitrogens with one attached hydrogen (secondary N) is 1. The van der Waals surface area contributed by atoms with Gasteiger partial charge in [0.2, 0.25) is 0 Å². The Bertz CT molecular complexity index is 1100. The minimum absolute atomic E-state index is 0.00682. The molecule has 2 aromatic carbocycles. The summed E-state index contributed by atoms with van der Waals surface area (Å²) < 4.78 is 29.7. The van der Waals surface area contributed by atoms with Crippen molar-refractivity contribution < 1.29 is 18.3 Å². The average molecular weight is 457 g/mol. The number of hydrogen-bond acceptors (Lipinski definition) is 6. The van der Waals surface area contributed by atoms with Crippen molar-refractivity contribution in [3.05, 3.63) is 82.7 Å². The summed E-state index contributed by atoms with van der Waals surface area (Å²) in [5.41, 5.74) is 6.45. The molecule has 3 rings (SSSR count). The van der Waals surface area contributed by atoms with Crippen LogP contribution in [0.2, 0.25) is 0 Å². The van der Waals surface area contributed by atoms with Gasteiger partial charge >= 0.3 is 6.61 Å². The van der Waals surface area contributed by atoms with Crippen LogP contribution in [-0.2, 0) is 5.75 Å².